The summed E-state index contributed by atoms with van der Waals surface area (Å²) in [6.45, 7) is 5.54. The molecule has 4 heteroatoms. The molecular weight excluding hydrogens is 257 g/mol. The Balaban J connectivity index is 2.55. The van der Waals surface area contributed by atoms with Gasteiger partial charge in [-0.05, 0) is 56.2 Å². The lowest BCUT2D eigenvalue weighted by Gasteiger charge is -2.11. The summed E-state index contributed by atoms with van der Waals surface area (Å²) in [5.41, 5.74) is 3.77. The Hall–Kier alpha value is -2.36. The first-order chi connectivity index (χ1) is 9.40. The van der Waals surface area contributed by atoms with Crippen LogP contribution >= 0.6 is 0 Å². The molecule has 0 aliphatic carbocycles. The molecule has 1 heterocycles. The number of hydrogen-bond donors (Lipinski definition) is 1. The number of halogens is 1. The van der Waals surface area contributed by atoms with Gasteiger partial charge in [-0.15, -0.1) is 0 Å². The molecule has 1 aromatic carbocycles. The Kier molecular flexibility index (Phi) is 3.74. The van der Waals surface area contributed by atoms with Gasteiger partial charge in [0.25, 0.3) is 0 Å². The molecule has 0 bridgehead atoms. The molecule has 1 N–H and O–H groups in total. The van der Waals surface area contributed by atoms with Gasteiger partial charge in [0.1, 0.15) is 5.82 Å². The minimum absolute atomic E-state index is 0.291. The van der Waals surface area contributed by atoms with E-state index < -0.39 is 5.97 Å². The van der Waals surface area contributed by atoms with E-state index in [0.29, 0.717) is 5.69 Å². The number of carbonyl (C=O) groups is 1. The Morgan fingerprint density at radius 2 is 1.95 bits per heavy atom. The molecule has 0 amide bonds. The van der Waals surface area contributed by atoms with Crippen LogP contribution in [-0.2, 0) is 4.79 Å². The summed E-state index contributed by atoms with van der Waals surface area (Å²) in [7, 11) is 0. The molecule has 3 nitrogen and oxygen atoms in total. The van der Waals surface area contributed by atoms with Crippen LogP contribution in [0.15, 0.2) is 30.3 Å². The van der Waals surface area contributed by atoms with Gasteiger partial charge in [-0.3, -0.25) is 0 Å². The van der Waals surface area contributed by atoms with Crippen LogP contribution in [0.1, 0.15) is 22.5 Å². The lowest BCUT2D eigenvalue weighted by atomic mass is 10.2. The molecule has 0 saturated carbocycles. The average Bonchev–Trinajstić information content (AvgIpc) is 2.63. The Bertz CT molecular complexity index is 699. The van der Waals surface area contributed by atoms with Crippen LogP contribution in [0.3, 0.4) is 0 Å². The van der Waals surface area contributed by atoms with Crippen molar-refractivity contribution in [2.75, 3.05) is 0 Å². The van der Waals surface area contributed by atoms with Crippen molar-refractivity contribution in [2.24, 2.45) is 0 Å². The third-order valence-electron chi connectivity index (χ3n) is 3.22. The van der Waals surface area contributed by atoms with Gasteiger partial charge >= 0.3 is 5.97 Å². The molecule has 0 aliphatic heterocycles. The first-order valence-corrected chi connectivity index (χ1v) is 6.26. The zero-order chi connectivity index (χ0) is 14.9. The second-order valence-corrected chi connectivity index (χ2v) is 4.79. The van der Waals surface area contributed by atoms with Gasteiger partial charge in [-0.25, -0.2) is 9.18 Å². The van der Waals surface area contributed by atoms with Crippen LogP contribution in [0.25, 0.3) is 11.8 Å². The van der Waals surface area contributed by atoms with Crippen molar-refractivity contribution < 1.29 is 14.3 Å². The number of aliphatic carboxylic acids is 1. The summed E-state index contributed by atoms with van der Waals surface area (Å²) in [6, 6.07) is 6.91. The number of hydrogen-bond acceptors (Lipinski definition) is 1. The van der Waals surface area contributed by atoms with Gasteiger partial charge < -0.3 is 9.67 Å². The number of rotatable bonds is 3. The van der Waals surface area contributed by atoms with Gasteiger partial charge in [0.05, 0.1) is 5.69 Å². The second kappa shape index (κ2) is 5.33. The molecule has 1 aromatic heterocycles. The SMILES string of the molecule is Cc1ccc(-n2c(C)cc(C=CC(=O)O)c2C)c(F)c1. The van der Waals surface area contributed by atoms with Crippen molar-refractivity contribution in [1.29, 1.82) is 0 Å². The first kappa shape index (κ1) is 14.1. The molecule has 0 saturated heterocycles. The summed E-state index contributed by atoms with van der Waals surface area (Å²) >= 11 is 0. The van der Waals surface area contributed by atoms with E-state index in [-0.39, 0.29) is 5.82 Å². The van der Waals surface area contributed by atoms with Gasteiger partial charge in [0.15, 0.2) is 0 Å². The van der Waals surface area contributed by atoms with E-state index in [1.54, 1.807) is 10.6 Å². The lowest BCUT2D eigenvalue weighted by molar-refractivity contribution is -0.131. The van der Waals surface area contributed by atoms with Crippen LogP contribution in [0.5, 0.6) is 0 Å². The first-order valence-electron chi connectivity index (χ1n) is 6.26. The highest BCUT2D eigenvalue weighted by Gasteiger charge is 2.12. The van der Waals surface area contributed by atoms with Crippen molar-refractivity contribution in [3.05, 3.63) is 58.7 Å². The molecule has 104 valence electrons. The maximum atomic E-state index is 14.1. The number of carboxylic acid groups (broad SMARTS) is 1. The highest BCUT2D eigenvalue weighted by Crippen LogP contribution is 2.24. The second-order valence-electron chi connectivity index (χ2n) is 4.79. The number of aromatic nitrogens is 1. The molecule has 0 fully saturated rings. The lowest BCUT2D eigenvalue weighted by Crippen LogP contribution is -2.02. The molecule has 0 aliphatic rings. The number of benzene rings is 1. The number of carboxylic acids is 1. The largest absolute Gasteiger partial charge is 0.478 e. The van der Waals surface area contributed by atoms with Crippen molar-refractivity contribution in [2.45, 2.75) is 20.8 Å². The minimum Gasteiger partial charge on any atom is -0.478 e. The van der Waals surface area contributed by atoms with Crippen molar-refractivity contribution in [1.82, 2.24) is 4.57 Å². The molecule has 20 heavy (non-hydrogen) atoms. The fraction of sp³-hybridized carbons (Fsp3) is 0.188. The summed E-state index contributed by atoms with van der Waals surface area (Å²) in [6.07, 6.45) is 2.60. The van der Waals surface area contributed by atoms with Crippen molar-refractivity contribution in [3.63, 3.8) is 0 Å². The fourth-order valence-corrected chi connectivity index (χ4v) is 2.28. The standard InChI is InChI=1S/C16H16FNO2/c1-10-4-6-15(14(17)8-10)18-11(2)9-13(12(18)3)5-7-16(19)20/h4-9H,1-3H3,(H,19,20). The predicted octanol–water partition coefficient (Wildman–Crippen LogP) is 3.64. The molecule has 2 rings (SSSR count). The number of nitrogens with zero attached hydrogens (tertiary/aromatic N) is 1. The average molecular weight is 273 g/mol. The third-order valence-corrected chi connectivity index (χ3v) is 3.22. The smallest absolute Gasteiger partial charge is 0.328 e. The van der Waals surface area contributed by atoms with E-state index in [4.69, 9.17) is 5.11 Å². The minimum atomic E-state index is -1.00. The van der Waals surface area contributed by atoms with E-state index >= 15 is 0 Å². The van der Waals surface area contributed by atoms with E-state index in [0.717, 1.165) is 28.6 Å². The van der Waals surface area contributed by atoms with E-state index in [1.807, 2.05) is 32.9 Å². The summed E-state index contributed by atoms with van der Waals surface area (Å²) in [4.78, 5) is 10.6. The Labute approximate surface area is 117 Å². The van der Waals surface area contributed by atoms with Gasteiger partial charge in [-0.1, -0.05) is 6.07 Å². The van der Waals surface area contributed by atoms with Crippen molar-refractivity contribution >= 4 is 12.0 Å². The molecule has 0 atom stereocenters. The predicted molar refractivity (Wildman–Crippen MR) is 76.6 cm³/mol. The zero-order valence-electron chi connectivity index (χ0n) is 11.6. The molecule has 0 radical (unpaired) electrons. The highest BCUT2D eigenvalue weighted by atomic mass is 19.1. The molecular formula is C16H16FNO2. The summed E-state index contributed by atoms with van der Waals surface area (Å²) < 4.78 is 15.9. The van der Waals surface area contributed by atoms with E-state index in [2.05, 4.69) is 0 Å². The van der Waals surface area contributed by atoms with Crippen LogP contribution in [0, 0.1) is 26.6 Å². The number of aryl methyl sites for hydroxylation is 2. The monoisotopic (exact) mass is 273 g/mol. The van der Waals surface area contributed by atoms with Crippen LogP contribution in [0.4, 0.5) is 4.39 Å². The van der Waals surface area contributed by atoms with Gasteiger partial charge in [0, 0.05) is 17.5 Å². The molecule has 0 spiro atoms. The van der Waals surface area contributed by atoms with Crippen LogP contribution in [-0.4, -0.2) is 15.6 Å². The normalized spacial score (nSPS) is 11.2. The van der Waals surface area contributed by atoms with Gasteiger partial charge in [0.2, 0.25) is 0 Å². The third kappa shape index (κ3) is 2.64. The Morgan fingerprint density at radius 1 is 1.25 bits per heavy atom. The fourth-order valence-electron chi connectivity index (χ4n) is 2.28. The van der Waals surface area contributed by atoms with E-state index in [9.17, 15) is 9.18 Å². The van der Waals surface area contributed by atoms with Gasteiger partial charge in [-0.2, -0.15) is 0 Å². The topological polar surface area (TPSA) is 42.2 Å². The van der Waals surface area contributed by atoms with Crippen molar-refractivity contribution in [3.8, 4) is 5.69 Å². The highest BCUT2D eigenvalue weighted by molar-refractivity contribution is 5.85. The maximum absolute atomic E-state index is 14.1. The van der Waals surface area contributed by atoms with Crippen LogP contribution in [0.2, 0.25) is 0 Å². The Morgan fingerprint density at radius 3 is 2.55 bits per heavy atom. The molecule has 0 unspecified atom stereocenters. The summed E-state index contributed by atoms with van der Waals surface area (Å²) in [5.74, 6) is -1.29. The van der Waals surface area contributed by atoms with E-state index in [1.165, 1.54) is 12.1 Å². The van der Waals surface area contributed by atoms with Crippen LogP contribution < -0.4 is 0 Å². The summed E-state index contributed by atoms with van der Waals surface area (Å²) in [5, 5.41) is 8.68. The zero-order valence-corrected chi connectivity index (χ0v) is 11.6. The molecule has 2 aromatic rings. The maximum Gasteiger partial charge on any atom is 0.328 e. The quantitative estimate of drug-likeness (QED) is 0.867.